The molecule has 0 radical (unpaired) electrons. The molecule has 0 saturated carbocycles. The molecule has 0 spiro atoms. The van der Waals surface area contributed by atoms with Gasteiger partial charge in [-0.2, -0.15) is 9.49 Å². The average molecular weight is 223 g/mol. The van der Waals surface area contributed by atoms with Gasteiger partial charge in [0.2, 0.25) is 5.95 Å². The first-order valence-electron chi connectivity index (χ1n) is 4.45. The summed E-state index contributed by atoms with van der Waals surface area (Å²) < 4.78 is 14.6. The smallest absolute Gasteiger partial charge is 0.213 e. The Morgan fingerprint density at radius 2 is 2.20 bits per heavy atom. The van der Waals surface area contributed by atoms with Crippen LogP contribution in [0.4, 0.5) is 4.39 Å². The summed E-state index contributed by atoms with van der Waals surface area (Å²) in [6.45, 7) is 1.93. The lowest BCUT2D eigenvalue weighted by Crippen LogP contribution is -1.92. The van der Waals surface area contributed by atoms with Gasteiger partial charge in [-0.05, 0) is 19.1 Å². The van der Waals surface area contributed by atoms with Gasteiger partial charge in [0.05, 0.1) is 10.7 Å². The maximum atomic E-state index is 12.8. The monoisotopic (exact) mass is 223 g/mol. The average Bonchev–Trinajstić information content (AvgIpc) is 2.45. The first-order chi connectivity index (χ1) is 7.15. The Hall–Kier alpha value is -1.36. The second-order valence-corrected chi connectivity index (χ2v) is 4.26. The fourth-order valence-electron chi connectivity index (χ4n) is 1.25. The molecule has 2 aromatic rings. The summed E-state index contributed by atoms with van der Waals surface area (Å²) in [4.78, 5) is 4.33. The maximum absolute atomic E-state index is 12.8. The van der Waals surface area contributed by atoms with Crippen molar-refractivity contribution in [3.63, 3.8) is 0 Å². The molecule has 3 nitrogen and oxygen atoms in total. The Morgan fingerprint density at radius 1 is 1.40 bits per heavy atom. The molecule has 2 rings (SSSR count). The van der Waals surface area contributed by atoms with Crippen molar-refractivity contribution in [3.8, 4) is 0 Å². The topological polar surface area (TPSA) is 30.7 Å². The molecule has 0 aliphatic carbocycles. The minimum atomic E-state index is -0.459. The van der Waals surface area contributed by atoms with Crippen LogP contribution in [-0.4, -0.2) is 14.8 Å². The molecule has 78 valence electrons. The molecule has 15 heavy (non-hydrogen) atoms. The molecular formula is C10H10FN3S. The van der Waals surface area contributed by atoms with Crippen LogP contribution >= 0.6 is 11.8 Å². The van der Waals surface area contributed by atoms with Crippen molar-refractivity contribution in [1.82, 2.24) is 14.8 Å². The normalized spacial score (nSPS) is 10.6. The highest BCUT2D eigenvalue weighted by atomic mass is 32.2. The number of aromatic nitrogens is 3. The number of hydrogen-bond acceptors (Lipinski definition) is 3. The van der Waals surface area contributed by atoms with Gasteiger partial charge in [-0.25, -0.2) is 4.98 Å². The molecule has 0 aliphatic heterocycles. The number of pyridine rings is 1. The predicted octanol–water partition coefficient (Wildman–Crippen LogP) is 2.41. The maximum Gasteiger partial charge on any atom is 0.213 e. The van der Waals surface area contributed by atoms with Gasteiger partial charge in [-0.15, -0.1) is 0 Å². The standard InChI is InChI=1S/C10H10FN3S/c1-7-5-10(14(2)13-7)15-8-3-4-12-9(11)6-8/h3-6H,1-2H3. The summed E-state index contributed by atoms with van der Waals surface area (Å²) in [5.74, 6) is -0.459. The summed E-state index contributed by atoms with van der Waals surface area (Å²) in [7, 11) is 1.87. The van der Waals surface area contributed by atoms with Gasteiger partial charge in [0, 0.05) is 24.2 Å². The highest BCUT2D eigenvalue weighted by molar-refractivity contribution is 7.99. The molecule has 0 aromatic carbocycles. The first kappa shape index (κ1) is 10.2. The summed E-state index contributed by atoms with van der Waals surface area (Å²) >= 11 is 1.47. The van der Waals surface area contributed by atoms with E-state index in [1.165, 1.54) is 24.0 Å². The minimum absolute atomic E-state index is 0.459. The molecule has 0 atom stereocenters. The highest BCUT2D eigenvalue weighted by Crippen LogP contribution is 2.27. The van der Waals surface area contributed by atoms with Crippen LogP contribution in [0.1, 0.15) is 5.69 Å². The zero-order valence-corrected chi connectivity index (χ0v) is 9.25. The Labute approximate surface area is 91.3 Å². The molecule has 0 unspecified atom stereocenters. The van der Waals surface area contributed by atoms with Crippen molar-refractivity contribution in [1.29, 1.82) is 0 Å². The Morgan fingerprint density at radius 3 is 2.80 bits per heavy atom. The quantitative estimate of drug-likeness (QED) is 0.732. The highest BCUT2D eigenvalue weighted by Gasteiger charge is 2.04. The molecule has 0 aliphatic rings. The zero-order valence-electron chi connectivity index (χ0n) is 8.44. The molecule has 5 heteroatoms. The summed E-state index contributed by atoms with van der Waals surface area (Å²) in [6.07, 6.45) is 1.46. The first-order valence-corrected chi connectivity index (χ1v) is 5.27. The van der Waals surface area contributed by atoms with E-state index in [0.717, 1.165) is 15.6 Å². The molecule has 2 heterocycles. The molecule has 0 saturated heterocycles. The van der Waals surface area contributed by atoms with Crippen LogP contribution in [0.25, 0.3) is 0 Å². The molecule has 0 N–H and O–H groups in total. The van der Waals surface area contributed by atoms with Crippen molar-refractivity contribution in [2.75, 3.05) is 0 Å². The van der Waals surface area contributed by atoms with Crippen LogP contribution in [0.2, 0.25) is 0 Å². The second kappa shape index (κ2) is 4.02. The third-order valence-corrected chi connectivity index (χ3v) is 2.96. The Kier molecular flexibility index (Phi) is 2.73. The number of rotatable bonds is 2. The fraction of sp³-hybridized carbons (Fsp3) is 0.200. The summed E-state index contributed by atoms with van der Waals surface area (Å²) in [6, 6.07) is 5.14. The van der Waals surface area contributed by atoms with E-state index in [9.17, 15) is 4.39 Å². The minimum Gasteiger partial charge on any atom is -0.262 e. The van der Waals surface area contributed by atoms with Crippen LogP contribution < -0.4 is 0 Å². The molecule has 2 aromatic heterocycles. The van der Waals surface area contributed by atoms with Crippen LogP contribution in [0.5, 0.6) is 0 Å². The third-order valence-electron chi connectivity index (χ3n) is 1.88. The number of halogens is 1. The second-order valence-electron chi connectivity index (χ2n) is 3.16. The van der Waals surface area contributed by atoms with Gasteiger partial charge in [-0.1, -0.05) is 11.8 Å². The van der Waals surface area contributed by atoms with Gasteiger partial charge < -0.3 is 0 Å². The van der Waals surface area contributed by atoms with Crippen LogP contribution in [0, 0.1) is 12.9 Å². The number of nitrogens with zero attached hydrogens (tertiary/aromatic N) is 3. The number of aryl methyl sites for hydroxylation is 2. The van der Waals surface area contributed by atoms with Crippen LogP contribution in [0.3, 0.4) is 0 Å². The van der Waals surface area contributed by atoms with Crippen molar-refractivity contribution >= 4 is 11.8 Å². The lowest BCUT2D eigenvalue weighted by atomic mass is 10.5. The van der Waals surface area contributed by atoms with E-state index in [4.69, 9.17) is 0 Å². The van der Waals surface area contributed by atoms with Crippen molar-refractivity contribution in [2.45, 2.75) is 16.8 Å². The van der Waals surface area contributed by atoms with E-state index in [-0.39, 0.29) is 0 Å². The van der Waals surface area contributed by atoms with E-state index >= 15 is 0 Å². The van der Waals surface area contributed by atoms with Gasteiger partial charge in [0.15, 0.2) is 0 Å². The van der Waals surface area contributed by atoms with E-state index in [1.54, 1.807) is 10.7 Å². The summed E-state index contributed by atoms with van der Waals surface area (Å²) in [5, 5.41) is 5.20. The van der Waals surface area contributed by atoms with Gasteiger partial charge in [0.25, 0.3) is 0 Å². The Bertz CT molecular complexity index is 481. The van der Waals surface area contributed by atoms with Crippen LogP contribution in [-0.2, 0) is 7.05 Å². The van der Waals surface area contributed by atoms with Gasteiger partial charge in [-0.3, -0.25) is 4.68 Å². The fourth-order valence-corrected chi connectivity index (χ4v) is 2.18. The van der Waals surface area contributed by atoms with Crippen LogP contribution in [0.15, 0.2) is 34.3 Å². The van der Waals surface area contributed by atoms with E-state index in [1.807, 2.05) is 20.0 Å². The van der Waals surface area contributed by atoms with Crippen molar-refractivity contribution < 1.29 is 4.39 Å². The van der Waals surface area contributed by atoms with Gasteiger partial charge >= 0.3 is 0 Å². The zero-order chi connectivity index (χ0) is 10.8. The van der Waals surface area contributed by atoms with Crippen molar-refractivity contribution in [2.24, 2.45) is 7.05 Å². The van der Waals surface area contributed by atoms with E-state index in [2.05, 4.69) is 10.1 Å². The van der Waals surface area contributed by atoms with Gasteiger partial charge in [0.1, 0.15) is 0 Å². The van der Waals surface area contributed by atoms with Crippen molar-refractivity contribution in [3.05, 3.63) is 36.0 Å². The predicted molar refractivity (Wildman–Crippen MR) is 56.3 cm³/mol. The lowest BCUT2D eigenvalue weighted by molar-refractivity contribution is 0.579. The molecule has 0 fully saturated rings. The van der Waals surface area contributed by atoms with E-state index < -0.39 is 5.95 Å². The lowest BCUT2D eigenvalue weighted by Gasteiger charge is -2.00. The SMILES string of the molecule is Cc1cc(Sc2ccnc(F)c2)n(C)n1. The molecule has 0 amide bonds. The largest absolute Gasteiger partial charge is 0.262 e. The third kappa shape index (κ3) is 2.36. The summed E-state index contributed by atoms with van der Waals surface area (Å²) in [5.41, 5.74) is 0.953. The molecular weight excluding hydrogens is 213 g/mol. The Balaban J connectivity index is 2.25. The van der Waals surface area contributed by atoms with E-state index in [0.29, 0.717) is 0 Å². The number of hydrogen-bond donors (Lipinski definition) is 0. The molecule has 0 bridgehead atoms.